The number of anilines is 1. The van der Waals surface area contributed by atoms with E-state index in [0.29, 0.717) is 87.5 Å². The molecule has 50 heavy (non-hydrogen) atoms. The summed E-state index contributed by atoms with van der Waals surface area (Å²) in [5.74, 6) is -0.621. The zero-order valence-electron chi connectivity index (χ0n) is 29.2. The Bertz CT molecular complexity index is 1850. The summed E-state index contributed by atoms with van der Waals surface area (Å²) in [4.78, 5) is 49.8. The van der Waals surface area contributed by atoms with Crippen LogP contribution >= 0.6 is 0 Å². The first-order chi connectivity index (χ1) is 24.0. The van der Waals surface area contributed by atoms with E-state index in [9.17, 15) is 14.4 Å². The smallest absolute Gasteiger partial charge is 0.410 e. The lowest BCUT2D eigenvalue weighted by Gasteiger charge is -2.36. The molecule has 12 heteroatoms. The van der Waals surface area contributed by atoms with Crippen molar-refractivity contribution in [2.45, 2.75) is 64.5 Å². The molecular formula is C38H46FN7O4. The Labute approximate surface area is 291 Å². The Kier molecular flexibility index (Phi) is 9.28. The number of carbonyl (C=O) groups excluding carboxylic acids is 3. The van der Waals surface area contributed by atoms with Crippen LogP contribution in [0, 0.1) is 5.82 Å². The lowest BCUT2D eigenvalue weighted by molar-refractivity contribution is -0.132. The van der Waals surface area contributed by atoms with Gasteiger partial charge in [0.1, 0.15) is 11.3 Å². The Morgan fingerprint density at radius 3 is 2.34 bits per heavy atom. The highest BCUT2D eigenvalue weighted by molar-refractivity contribution is 6.04. The number of fused-ring (bicyclic) bond motifs is 1. The number of halogens is 1. The van der Waals surface area contributed by atoms with Crippen LogP contribution in [0.3, 0.4) is 0 Å². The molecule has 3 aliphatic heterocycles. The average Bonchev–Trinajstić information content (AvgIpc) is 3.78. The van der Waals surface area contributed by atoms with Crippen molar-refractivity contribution >= 4 is 34.5 Å². The molecule has 1 N–H and O–H groups in total. The Hall–Kier alpha value is -4.87. The number of aryl methyl sites for hydroxylation is 1. The van der Waals surface area contributed by atoms with Crippen LogP contribution in [0.2, 0.25) is 0 Å². The predicted octanol–water partition coefficient (Wildman–Crippen LogP) is 5.87. The third-order valence-electron chi connectivity index (χ3n) is 10.1. The summed E-state index contributed by atoms with van der Waals surface area (Å²) < 4.78 is 23.9. The number of likely N-dealkylation sites (tertiary alicyclic amines) is 2. The standard InChI is InChI=1S/C38H46FN7O4/c1-38(2,3)50-37(49)44-21-19-42(20-22-44)28-10-8-26(9-11-28)29-23-30(34(39)35-31(29)24-32(41-35)36(48)43-15-6-16-43)27-7-4-14-45(25-27)33(47)12-18-46-17-5-13-40-46/h5,8-11,13,17,23-24,27,41H,4,6-7,12,14-16,18-22,25H2,1-3H3/t27-/m1/s1. The fraction of sp³-hybridized carbons (Fsp3) is 0.474. The number of aromatic amines is 1. The minimum atomic E-state index is -0.535. The molecule has 1 atom stereocenters. The van der Waals surface area contributed by atoms with Crippen molar-refractivity contribution in [1.82, 2.24) is 29.5 Å². The SMILES string of the molecule is CC(C)(C)OC(=O)N1CCN(c2ccc(-c3cc([C@@H]4CCCN(C(=O)CCn5cccn5)C4)c(F)c4[nH]c(C(=O)N5CCC5)cc34)cc2)CC1. The second-order valence-electron chi connectivity index (χ2n) is 14.6. The maximum absolute atomic E-state index is 16.6. The van der Waals surface area contributed by atoms with Crippen LogP contribution in [0.4, 0.5) is 14.9 Å². The summed E-state index contributed by atoms with van der Waals surface area (Å²) >= 11 is 0. The van der Waals surface area contributed by atoms with Crippen LogP contribution in [0.1, 0.15) is 68.4 Å². The summed E-state index contributed by atoms with van der Waals surface area (Å²) in [6, 6.07) is 13.8. The van der Waals surface area contributed by atoms with Gasteiger partial charge in [-0.15, -0.1) is 0 Å². The van der Waals surface area contributed by atoms with Gasteiger partial charge in [-0.2, -0.15) is 5.10 Å². The van der Waals surface area contributed by atoms with E-state index >= 15 is 4.39 Å². The number of hydrogen-bond donors (Lipinski definition) is 1. The summed E-state index contributed by atoms with van der Waals surface area (Å²) in [6.07, 6.45) is 6.10. The number of aromatic nitrogens is 3. The molecule has 3 saturated heterocycles. The van der Waals surface area contributed by atoms with Crippen molar-refractivity contribution in [1.29, 1.82) is 0 Å². The van der Waals surface area contributed by atoms with Crippen molar-refractivity contribution in [2.75, 3.05) is 57.3 Å². The van der Waals surface area contributed by atoms with E-state index in [2.05, 4.69) is 27.1 Å². The second kappa shape index (κ2) is 13.8. The van der Waals surface area contributed by atoms with Crippen LogP contribution in [0.5, 0.6) is 0 Å². The van der Waals surface area contributed by atoms with E-state index < -0.39 is 5.60 Å². The molecule has 0 spiro atoms. The van der Waals surface area contributed by atoms with Gasteiger partial charge in [0, 0.05) is 94.7 Å². The molecule has 3 aliphatic rings. The molecule has 264 valence electrons. The molecular weight excluding hydrogens is 637 g/mol. The zero-order valence-corrected chi connectivity index (χ0v) is 29.2. The monoisotopic (exact) mass is 683 g/mol. The predicted molar refractivity (Wildman–Crippen MR) is 190 cm³/mol. The van der Waals surface area contributed by atoms with Gasteiger partial charge < -0.3 is 29.3 Å². The summed E-state index contributed by atoms with van der Waals surface area (Å²) in [7, 11) is 0. The maximum Gasteiger partial charge on any atom is 0.410 e. The lowest BCUT2D eigenvalue weighted by Crippen LogP contribution is -2.50. The normalized spacial score (nSPS) is 18.4. The topological polar surface area (TPSA) is 107 Å². The van der Waals surface area contributed by atoms with E-state index in [0.717, 1.165) is 36.1 Å². The van der Waals surface area contributed by atoms with Crippen molar-refractivity contribution in [3.05, 3.63) is 71.9 Å². The van der Waals surface area contributed by atoms with E-state index in [1.165, 1.54) is 0 Å². The highest BCUT2D eigenvalue weighted by Gasteiger charge is 2.31. The summed E-state index contributed by atoms with van der Waals surface area (Å²) in [5.41, 5.74) is 3.53. The zero-order chi connectivity index (χ0) is 35.0. The first kappa shape index (κ1) is 33.6. The van der Waals surface area contributed by atoms with Crippen LogP contribution in [0.15, 0.2) is 54.9 Å². The highest BCUT2D eigenvalue weighted by Crippen LogP contribution is 2.39. The molecule has 4 aromatic rings. The number of carbonyl (C=O) groups is 3. The van der Waals surface area contributed by atoms with Crippen molar-refractivity contribution in [2.24, 2.45) is 0 Å². The molecule has 3 fully saturated rings. The molecule has 5 heterocycles. The van der Waals surface area contributed by atoms with Gasteiger partial charge in [-0.3, -0.25) is 14.3 Å². The number of ether oxygens (including phenoxy) is 1. The van der Waals surface area contributed by atoms with Gasteiger partial charge >= 0.3 is 6.09 Å². The molecule has 2 aromatic carbocycles. The van der Waals surface area contributed by atoms with Gasteiger partial charge in [-0.05, 0) is 87.1 Å². The van der Waals surface area contributed by atoms with Crippen LogP contribution < -0.4 is 4.90 Å². The number of nitrogens with zero attached hydrogens (tertiary/aromatic N) is 6. The Balaban J connectivity index is 1.14. The average molecular weight is 684 g/mol. The minimum absolute atomic E-state index is 0.0386. The van der Waals surface area contributed by atoms with Gasteiger partial charge in [0.2, 0.25) is 5.91 Å². The molecule has 2 aromatic heterocycles. The molecule has 0 bridgehead atoms. The van der Waals surface area contributed by atoms with Crippen molar-refractivity contribution < 1.29 is 23.5 Å². The summed E-state index contributed by atoms with van der Waals surface area (Å²) in [5, 5.41) is 4.87. The van der Waals surface area contributed by atoms with Crippen LogP contribution in [-0.4, -0.2) is 105 Å². The number of hydrogen-bond acceptors (Lipinski definition) is 6. The molecule has 3 amide bonds. The molecule has 7 rings (SSSR count). The quantitative estimate of drug-likeness (QED) is 0.261. The first-order valence-corrected chi connectivity index (χ1v) is 17.8. The molecule has 0 unspecified atom stereocenters. The van der Waals surface area contributed by atoms with E-state index in [1.807, 2.05) is 56.1 Å². The second-order valence-corrected chi connectivity index (χ2v) is 14.6. The van der Waals surface area contributed by atoms with Gasteiger partial charge in [0.05, 0.1) is 5.52 Å². The van der Waals surface area contributed by atoms with E-state index in [1.54, 1.807) is 26.7 Å². The summed E-state index contributed by atoms with van der Waals surface area (Å²) in [6.45, 7) is 11.1. The third kappa shape index (κ3) is 7.06. The van der Waals surface area contributed by atoms with Gasteiger partial charge in [0.25, 0.3) is 5.91 Å². The van der Waals surface area contributed by atoms with Gasteiger partial charge in [0.15, 0.2) is 5.82 Å². The van der Waals surface area contributed by atoms with E-state index in [4.69, 9.17) is 4.74 Å². The van der Waals surface area contributed by atoms with Gasteiger partial charge in [-0.1, -0.05) is 12.1 Å². The minimum Gasteiger partial charge on any atom is -0.444 e. The number of benzene rings is 2. The van der Waals surface area contributed by atoms with E-state index in [-0.39, 0.29) is 29.6 Å². The molecule has 0 saturated carbocycles. The number of rotatable bonds is 7. The van der Waals surface area contributed by atoms with Crippen molar-refractivity contribution in [3.63, 3.8) is 0 Å². The molecule has 0 radical (unpaired) electrons. The maximum atomic E-state index is 16.6. The Morgan fingerprint density at radius 2 is 1.68 bits per heavy atom. The number of piperazine rings is 1. The Morgan fingerprint density at radius 1 is 0.940 bits per heavy atom. The largest absolute Gasteiger partial charge is 0.444 e. The van der Waals surface area contributed by atoms with Crippen LogP contribution in [0.25, 0.3) is 22.0 Å². The fourth-order valence-corrected chi connectivity index (χ4v) is 7.21. The number of amides is 3. The number of piperidine rings is 1. The third-order valence-corrected chi connectivity index (χ3v) is 10.1. The first-order valence-electron chi connectivity index (χ1n) is 17.8. The number of nitrogens with one attached hydrogen (secondary N) is 1. The highest BCUT2D eigenvalue weighted by atomic mass is 19.1. The fourth-order valence-electron chi connectivity index (χ4n) is 7.21. The van der Waals surface area contributed by atoms with Crippen molar-refractivity contribution in [3.8, 4) is 11.1 Å². The van der Waals surface area contributed by atoms with Crippen LogP contribution in [-0.2, 0) is 16.1 Å². The van der Waals surface area contributed by atoms with Gasteiger partial charge in [-0.25, -0.2) is 9.18 Å². The lowest BCUT2D eigenvalue weighted by atomic mass is 9.87. The molecule has 11 nitrogen and oxygen atoms in total. The molecule has 0 aliphatic carbocycles. The number of H-pyrrole nitrogens is 1.